The Kier molecular flexibility index (Phi) is 6.22. The van der Waals surface area contributed by atoms with Crippen LogP contribution in [0.2, 0.25) is 0 Å². The summed E-state index contributed by atoms with van der Waals surface area (Å²) < 4.78 is 34.3. The van der Waals surface area contributed by atoms with Crippen LogP contribution in [0, 0.1) is 0 Å². The topological polar surface area (TPSA) is 140 Å². The molecular weight excluding hydrogens is 278 g/mol. The van der Waals surface area contributed by atoms with Crippen LogP contribution in [0.25, 0.3) is 0 Å². The molecule has 9 nitrogen and oxygen atoms in total. The Labute approximate surface area is 96.9 Å². The number of phosphoric ester groups is 1. The molecule has 100 valence electrons. The first-order valence-electron chi connectivity index (χ1n) is 4.11. The maximum atomic E-state index is 11.6. The van der Waals surface area contributed by atoms with Crippen LogP contribution in [0.4, 0.5) is 0 Å². The molecule has 0 bridgehead atoms. The van der Waals surface area contributed by atoms with Crippen molar-refractivity contribution in [1.82, 2.24) is 0 Å². The lowest BCUT2D eigenvalue weighted by molar-refractivity contribution is -0.131. The van der Waals surface area contributed by atoms with Gasteiger partial charge in [0.05, 0.1) is 13.2 Å². The summed E-state index contributed by atoms with van der Waals surface area (Å²) in [5.41, 5.74) is -0.174. The Hall–Kier alpha value is -0.530. The highest BCUT2D eigenvalue weighted by molar-refractivity contribution is 7.61. The Morgan fingerprint density at radius 2 is 1.88 bits per heavy atom. The normalized spacial score (nSPS) is 15.1. The third-order valence-corrected chi connectivity index (χ3v) is 3.63. The standard InChI is InChI=1S/C6H12O9P2/c1-5(2)6(8)14-17(12,13-4-3-7)15-16(9,10)11/h7H,1,3-4H2,2H3,(H2,9,10,11). The first kappa shape index (κ1) is 16.5. The van der Waals surface area contributed by atoms with E-state index in [0.29, 0.717) is 0 Å². The van der Waals surface area contributed by atoms with Gasteiger partial charge in [0.15, 0.2) is 0 Å². The molecule has 0 aliphatic rings. The molecule has 0 saturated carbocycles. The van der Waals surface area contributed by atoms with Gasteiger partial charge in [-0.05, 0) is 6.92 Å². The Morgan fingerprint density at radius 3 is 2.24 bits per heavy atom. The van der Waals surface area contributed by atoms with E-state index in [-0.39, 0.29) is 5.57 Å². The number of carbonyl (C=O) groups excluding carboxylic acids is 1. The summed E-state index contributed by atoms with van der Waals surface area (Å²) in [4.78, 5) is 28.0. The smallest absolute Gasteiger partial charge is 0.394 e. The van der Waals surface area contributed by atoms with E-state index in [4.69, 9.17) is 14.9 Å². The van der Waals surface area contributed by atoms with E-state index in [0.717, 1.165) is 0 Å². The van der Waals surface area contributed by atoms with Crippen LogP contribution >= 0.6 is 15.6 Å². The van der Waals surface area contributed by atoms with Gasteiger partial charge >= 0.3 is 21.6 Å². The lowest BCUT2D eigenvalue weighted by Crippen LogP contribution is -2.08. The summed E-state index contributed by atoms with van der Waals surface area (Å²) in [6, 6.07) is 0. The summed E-state index contributed by atoms with van der Waals surface area (Å²) >= 11 is 0. The van der Waals surface area contributed by atoms with Crippen LogP contribution in [0.3, 0.4) is 0 Å². The van der Waals surface area contributed by atoms with E-state index in [1.54, 1.807) is 0 Å². The van der Waals surface area contributed by atoms with E-state index in [1.807, 2.05) is 0 Å². The molecule has 0 aromatic carbocycles. The highest BCUT2D eigenvalue weighted by atomic mass is 31.3. The maximum absolute atomic E-state index is 11.6. The molecule has 0 spiro atoms. The second-order valence-electron chi connectivity index (χ2n) is 2.74. The second kappa shape index (κ2) is 6.42. The highest BCUT2D eigenvalue weighted by Gasteiger charge is 2.39. The number of aliphatic hydroxyl groups excluding tert-OH is 1. The summed E-state index contributed by atoms with van der Waals surface area (Å²) in [5.74, 6) is -1.21. The van der Waals surface area contributed by atoms with Gasteiger partial charge in [0.1, 0.15) is 0 Å². The van der Waals surface area contributed by atoms with E-state index in [2.05, 4.69) is 19.9 Å². The van der Waals surface area contributed by atoms with Crippen molar-refractivity contribution in [1.29, 1.82) is 0 Å². The molecule has 0 aliphatic carbocycles. The number of aliphatic hydroxyl groups is 1. The van der Waals surface area contributed by atoms with Crippen LogP contribution < -0.4 is 0 Å². The average Bonchev–Trinajstić information content (AvgIpc) is 2.11. The van der Waals surface area contributed by atoms with Gasteiger partial charge < -0.3 is 19.4 Å². The molecule has 0 amide bonds. The minimum atomic E-state index is -5.19. The van der Waals surface area contributed by atoms with E-state index < -0.39 is 34.8 Å². The summed E-state index contributed by atoms with van der Waals surface area (Å²) in [6.45, 7) is 3.18. The molecule has 0 rings (SSSR count). The summed E-state index contributed by atoms with van der Waals surface area (Å²) in [7, 11) is -9.99. The lowest BCUT2D eigenvalue weighted by atomic mass is 10.4. The van der Waals surface area contributed by atoms with Crippen molar-refractivity contribution < 1.29 is 42.2 Å². The van der Waals surface area contributed by atoms with Crippen LogP contribution in [0.1, 0.15) is 6.92 Å². The van der Waals surface area contributed by atoms with Gasteiger partial charge in [0, 0.05) is 5.57 Å². The molecule has 0 radical (unpaired) electrons. The fourth-order valence-electron chi connectivity index (χ4n) is 0.529. The Morgan fingerprint density at radius 1 is 1.35 bits per heavy atom. The van der Waals surface area contributed by atoms with Gasteiger partial charge in [0.25, 0.3) is 0 Å². The molecule has 1 atom stereocenters. The zero-order valence-electron chi connectivity index (χ0n) is 8.81. The van der Waals surface area contributed by atoms with Crippen molar-refractivity contribution >= 4 is 21.6 Å². The van der Waals surface area contributed by atoms with Crippen LogP contribution in [-0.4, -0.2) is 34.1 Å². The van der Waals surface area contributed by atoms with E-state index >= 15 is 0 Å². The van der Waals surface area contributed by atoms with Crippen LogP contribution in [-0.2, 0) is 27.3 Å². The van der Waals surface area contributed by atoms with E-state index in [1.165, 1.54) is 6.92 Å². The number of hydrogen-bond acceptors (Lipinski definition) is 7. The third kappa shape index (κ3) is 7.40. The third-order valence-electron chi connectivity index (χ3n) is 1.09. The highest BCUT2D eigenvalue weighted by Crippen LogP contribution is 2.61. The lowest BCUT2D eigenvalue weighted by Gasteiger charge is -2.16. The monoisotopic (exact) mass is 290 g/mol. The van der Waals surface area contributed by atoms with Gasteiger partial charge in [-0.1, -0.05) is 6.58 Å². The number of hydrogen-bond donors (Lipinski definition) is 3. The fourth-order valence-corrected chi connectivity index (χ4v) is 2.61. The minimum Gasteiger partial charge on any atom is -0.394 e. The predicted molar refractivity (Wildman–Crippen MR) is 54.7 cm³/mol. The zero-order valence-corrected chi connectivity index (χ0v) is 10.6. The van der Waals surface area contributed by atoms with Crippen molar-refractivity contribution in [3.8, 4) is 0 Å². The maximum Gasteiger partial charge on any atom is 0.541 e. The van der Waals surface area contributed by atoms with E-state index in [9.17, 15) is 13.9 Å². The molecule has 11 heteroatoms. The molecule has 17 heavy (non-hydrogen) atoms. The number of phosphoric acid groups is 2. The minimum absolute atomic E-state index is 0.174. The summed E-state index contributed by atoms with van der Waals surface area (Å²) in [6.07, 6.45) is 0. The van der Waals surface area contributed by atoms with Gasteiger partial charge in [-0.3, -0.25) is 4.52 Å². The van der Waals surface area contributed by atoms with Crippen molar-refractivity contribution in [2.45, 2.75) is 6.92 Å². The number of rotatable bonds is 7. The van der Waals surface area contributed by atoms with Gasteiger partial charge in [-0.25, -0.2) is 13.9 Å². The quantitative estimate of drug-likeness (QED) is 0.447. The molecule has 0 fully saturated rings. The average molecular weight is 290 g/mol. The van der Waals surface area contributed by atoms with Gasteiger partial charge in [-0.2, -0.15) is 4.31 Å². The molecule has 0 heterocycles. The van der Waals surface area contributed by atoms with Gasteiger partial charge in [-0.15, -0.1) is 0 Å². The molecule has 0 aromatic heterocycles. The SMILES string of the molecule is C=C(C)C(=O)OP(=O)(OCCO)OP(=O)(O)O. The van der Waals surface area contributed by atoms with Crippen molar-refractivity contribution in [3.05, 3.63) is 12.2 Å². The van der Waals surface area contributed by atoms with Gasteiger partial charge in [0.2, 0.25) is 0 Å². The molecule has 0 aliphatic heterocycles. The predicted octanol–water partition coefficient (Wildman–Crippen LogP) is 0.332. The van der Waals surface area contributed by atoms with Crippen molar-refractivity contribution in [2.75, 3.05) is 13.2 Å². The van der Waals surface area contributed by atoms with Crippen molar-refractivity contribution in [2.24, 2.45) is 0 Å². The first-order chi connectivity index (χ1) is 7.59. The number of carbonyl (C=O) groups is 1. The molecule has 0 saturated heterocycles. The fraction of sp³-hybridized carbons (Fsp3) is 0.500. The molecule has 3 N–H and O–H groups in total. The molecular formula is C6H12O9P2. The summed E-state index contributed by atoms with van der Waals surface area (Å²) in [5, 5.41) is 8.42. The Balaban J connectivity index is 4.85. The largest absolute Gasteiger partial charge is 0.541 e. The molecule has 0 aromatic rings. The first-order valence-corrected chi connectivity index (χ1v) is 7.10. The zero-order chi connectivity index (χ0) is 13.7. The Bertz CT molecular complexity index is 383. The van der Waals surface area contributed by atoms with Crippen molar-refractivity contribution in [3.63, 3.8) is 0 Å². The molecule has 1 unspecified atom stereocenters. The second-order valence-corrected chi connectivity index (χ2v) is 5.70. The van der Waals surface area contributed by atoms with Crippen LogP contribution in [0.5, 0.6) is 0 Å². The van der Waals surface area contributed by atoms with Crippen LogP contribution in [0.15, 0.2) is 12.2 Å².